The Hall–Kier alpha value is -3.57. The predicted molar refractivity (Wildman–Crippen MR) is 119 cm³/mol. The van der Waals surface area contributed by atoms with Crippen molar-refractivity contribution in [2.45, 2.75) is 11.8 Å². The first-order valence-corrected chi connectivity index (χ1v) is 11.6. The first-order valence-electron chi connectivity index (χ1n) is 9.70. The Morgan fingerprint density at radius 2 is 1.76 bits per heavy atom. The molecule has 10 nitrogen and oxygen atoms in total. The third-order valence-electron chi connectivity index (χ3n) is 4.44. The fourth-order valence-electron chi connectivity index (χ4n) is 2.85. The van der Waals surface area contributed by atoms with Crippen LogP contribution in [0.15, 0.2) is 64.7 Å². The highest BCUT2D eigenvalue weighted by molar-refractivity contribution is 7.92. The fourth-order valence-corrected chi connectivity index (χ4v) is 4.06. The van der Waals surface area contributed by atoms with E-state index in [9.17, 15) is 22.8 Å². The molecule has 1 aliphatic heterocycles. The van der Waals surface area contributed by atoms with E-state index in [0.717, 1.165) is 0 Å². The highest BCUT2D eigenvalue weighted by Gasteiger charge is 2.25. The Balaban J connectivity index is 1.79. The molecule has 3 N–H and O–H groups in total. The lowest BCUT2D eigenvalue weighted by Crippen LogP contribution is -2.45. The number of anilines is 1. The second kappa shape index (κ2) is 10.4. The molecule has 0 radical (unpaired) electrons. The minimum Gasteiger partial charge on any atom is -0.463 e. The summed E-state index contributed by atoms with van der Waals surface area (Å²) >= 11 is 5.80. The Labute approximate surface area is 195 Å². The van der Waals surface area contributed by atoms with Gasteiger partial charge < -0.3 is 20.1 Å². The number of rotatable bonds is 8. The van der Waals surface area contributed by atoms with Crippen molar-refractivity contribution in [3.8, 4) is 0 Å². The molecular formula is C21H20ClN3O7S. The van der Waals surface area contributed by atoms with Gasteiger partial charge in [-0.3, -0.25) is 4.72 Å². The van der Waals surface area contributed by atoms with Gasteiger partial charge in [0.15, 0.2) is 0 Å². The monoisotopic (exact) mass is 493 g/mol. The number of hydrogen-bond donors (Lipinski definition) is 3. The average Bonchev–Trinajstić information content (AvgIpc) is 2.78. The van der Waals surface area contributed by atoms with E-state index in [-0.39, 0.29) is 40.6 Å². The number of amides is 2. The Bertz CT molecular complexity index is 1210. The largest absolute Gasteiger partial charge is 0.463 e. The normalized spacial score (nSPS) is 13.6. The molecule has 2 amide bonds. The number of halogens is 1. The zero-order valence-corrected chi connectivity index (χ0v) is 19.0. The Morgan fingerprint density at radius 3 is 2.45 bits per heavy atom. The van der Waals surface area contributed by atoms with Gasteiger partial charge in [-0.25, -0.2) is 22.8 Å². The first-order chi connectivity index (χ1) is 15.7. The third-order valence-corrected chi connectivity index (χ3v) is 6.07. The van der Waals surface area contributed by atoms with E-state index in [1.54, 1.807) is 13.0 Å². The summed E-state index contributed by atoms with van der Waals surface area (Å²) in [5.74, 6) is -1.53. The maximum atomic E-state index is 12.7. The van der Waals surface area contributed by atoms with E-state index in [2.05, 4.69) is 15.4 Å². The molecule has 0 bridgehead atoms. The van der Waals surface area contributed by atoms with Gasteiger partial charge >= 0.3 is 18.0 Å². The molecule has 1 aliphatic rings. The van der Waals surface area contributed by atoms with Crippen LogP contribution in [0.3, 0.4) is 0 Å². The number of sulfonamides is 1. The summed E-state index contributed by atoms with van der Waals surface area (Å²) in [4.78, 5) is 36.4. The van der Waals surface area contributed by atoms with Crippen molar-refractivity contribution in [3.05, 3.63) is 70.4 Å². The number of esters is 2. The summed E-state index contributed by atoms with van der Waals surface area (Å²) in [6, 6.07) is 10.8. The van der Waals surface area contributed by atoms with Crippen molar-refractivity contribution in [1.29, 1.82) is 0 Å². The predicted octanol–water partition coefficient (Wildman–Crippen LogP) is 2.43. The zero-order chi connectivity index (χ0) is 24.0. The van der Waals surface area contributed by atoms with Gasteiger partial charge in [0.05, 0.1) is 40.6 Å². The molecular weight excluding hydrogens is 474 g/mol. The maximum Gasteiger partial charge on any atom is 0.340 e. The third kappa shape index (κ3) is 6.02. The summed E-state index contributed by atoms with van der Waals surface area (Å²) in [7, 11) is -4.01. The molecule has 0 spiro atoms. The van der Waals surface area contributed by atoms with Gasteiger partial charge in [0.2, 0.25) is 0 Å². The second-order valence-corrected chi connectivity index (χ2v) is 8.79. The topological polar surface area (TPSA) is 140 Å². The molecule has 33 heavy (non-hydrogen) atoms. The lowest BCUT2D eigenvalue weighted by atomic mass is 10.1. The molecule has 0 aliphatic carbocycles. The highest BCUT2D eigenvalue weighted by atomic mass is 35.5. The van der Waals surface area contributed by atoms with Crippen LogP contribution in [0.5, 0.6) is 0 Å². The SMILES string of the molecule is CCOC(=O)C1=C(COC(=O)c2ccccc2NS(=O)(=O)c2ccc(Cl)cc2)NC(=O)NC1. The molecule has 0 atom stereocenters. The van der Waals surface area contributed by atoms with E-state index < -0.39 is 34.6 Å². The summed E-state index contributed by atoms with van der Waals surface area (Å²) in [5.41, 5.74) is 0.116. The molecule has 12 heteroatoms. The summed E-state index contributed by atoms with van der Waals surface area (Å²) in [6.07, 6.45) is 0. The van der Waals surface area contributed by atoms with Gasteiger partial charge in [-0.1, -0.05) is 23.7 Å². The Kier molecular flexibility index (Phi) is 7.56. The van der Waals surface area contributed by atoms with Gasteiger partial charge in [-0.2, -0.15) is 0 Å². The van der Waals surface area contributed by atoms with Crippen molar-refractivity contribution in [3.63, 3.8) is 0 Å². The summed E-state index contributed by atoms with van der Waals surface area (Å²) in [5, 5.41) is 5.24. The minimum absolute atomic E-state index is 0.00797. The van der Waals surface area contributed by atoms with Gasteiger partial charge in [-0.05, 0) is 43.3 Å². The molecule has 0 unspecified atom stereocenters. The number of carbonyl (C=O) groups is 3. The molecule has 0 aromatic heterocycles. The lowest BCUT2D eigenvalue weighted by Gasteiger charge is -2.21. The van der Waals surface area contributed by atoms with E-state index in [0.29, 0.717) is 5.02 Å². The van der Waals surface area contributed by atoms with Crippen LogP contribution in [0.4, 0.5) is 10.5 Å². The number of benzene rings is 2. The van der Waals surface area contributed by atoms with E-state index >= 15 is 0 Å². The molecule has 0 saturated carbocycles. The number of ether oxygens (including phenoxy) is 2. The molecule has 2 aromatic rings. The van der Waals surface area contributed by atoms with Gasteiger partial charge in [-0.15, -0.1) is 0 Å². The minimum atomic E-state index is -4.01. The van der Waals surface area contributed by atoms with Crippen molar-refractivity contribution in [1.82, 2.24) is 10.6 Å². The molecule has 1 heterocycles. The summed E-state index contributed by atoms with van der Waals surface area (Å²) in [6.45, 7) is 1.24. The average molecular weight is 494 g/mol. The quantitative estimate of drug-likeness (QED) is 0.480. The summed E-state index contributed by atoms with van der Waals surface area (Å²) < 4.78 is 37.9. The number of urea groups is 1. The van der Waals surface area contributed by atoms with Crippen LogP contribution in [0.1, 0.15) is 17.3 Å². The smallest absolute Gasteiger partial charge is 0.340 e. The van der Waals surface area contributed by atoms with Crippen LogP contribution in [-0.2, 0) is 24.3 Å². The second-order valence-electron chi connectivity index (χ2n) is 6.67. The van der Waals surface area contributed by atoms with Crippen molar-refractivity contribution >= 4 is 45.3 Å². The number of carbonyl (C=O) groups excluding carboxylic acids is 3. The molecule has 3 rings (SSSR count). The van der Waals surface area contributed by atoms with Crippen LogP contribution >= 0.6 is 11.6 Å². The van der Waals surface area contributed by atoms with Crippen molar-refractivity contribution in [2.75, 3.05) is 24.5 Å². The molecule has 0 saturated heterocycles. The van der Waals surface area contributed by atoms with E-state index in [4.69, 9.17) is 21.1 Å². The number of para-hydroxylation sites is 1. The van der Waals surface area contributed by atoms with E-state index in [1.807, 2.05) is 0 Å². The standard InChI is InChI=1S/C21H20ClN3O7S/c1-2-31-20(27)16-11-23-21(28)24-18(16)12-32-19(26)15-5-3-4-6-17(15)25-33(29,30)14-9-7-13(22)8-10-14/h3-10,25H,2,11-12H2,1H3,(H2,23,24,28). The number of hydrogen-bond acceptors (Lipinski definition) is 7. The van der Waals surface area contributed by atoms with Crippen LogP contribution < -0.4 is 15.4 Å². The van der Waals surface area contributed by atoms with Crippen LogP contribution in [0.25, 0.3) is 0 Å². The van der Waals surface area contributed by atoms with Gasteiger partial charge in [0.1, 0.15) is 6.61 Å². The zero-order valence-electron chi connectivity index (χ0n) is 17.4. The molecule has 2 aromatic carbocycles. The first kappa shape index (κ1) is 24.1. The van der Waals surface area contributed by atoms with Crippen molar-refractivity contribution in [2.24, 2.45) is 0 Å². The lowest BCUT2D eigenvalue weighted by molar-refractivity contribution is -0.138. The maximum absolute atomic E-state index is 12.7. The highest BCUT2D eigenvalue weighted by Crippen LogP contribution is 2.22. The van der Waals surface area contributed by atoms with Crippen LogP contribution in [0, 0.1) is 0 Å². The van der Waals surface area contributed by atoms with E-state index in [1.165, 1.54) is 42.5 Å². The molecule has 0 fully saturated rings. The molecule has 174 valence electrons. The van der Waals surface area contributed by atoms with Crippen LogP contribution in [0.2, 0.25) is 5.02 Å². The fraction of sp³-hybridized carbons (Fsp3) is 0.190. The van der Waals surface area contributed by atoms with Gasteiger partial charge in [0.25, 0.3) is 10.0 Å². The van der Waals surface area contributed by atoms with Crippen molar-refractivity contribution < 1.29 is 32.3 Å². The van der Waals surface area contributed by atoms with Gasteiger partial charge in [0, 0.05) is 5.02 Å². The number of nitrogens with one attached hydrogen (secondary N) is 3. The Morgan fingerprint density at radius 1 is 1.06 bits per heavy atom. The van der Waals surface area contributed by atoms with Crippen LogP contribution in [-0.4, -0.2) is 46.1 Å².